The maximum Gasteiger partial charge on any atom is 0.229 e. The van der Waals surface area contributed by atoms with E-state index in [1.54, 1.807) is 14.2 Å². The standard InChI is InChI=1S/C17H21NO4S/c1-21-14-4-3-11(8-15(14)22-2)12-7-13(23-10-12)9-18-16(19)5-6-17(18)20/h3-4,8,12-13H,5-7,9-10H2,1-2H3. The number of thioether (sulfide) groups is 1. The molecule has 2 atom stereocenters. The lowest BCUT2D eigenvalue weighted by Gasteiger charge is -2.18. The highest BCUT2D eigenvalue weighted by atomic mass is 32.2. The molecular weight excluding hydrogens is 314 g/mol. The van der Waals surface area contributed by atoms with E-state index in [4.69, 9.17) is 9.47 Å². The van der Waals surface area contributed by atoms with Gasteiger partial charge in [-0.05, 0) is 30.0 Å². The molecule has 3 rings (SSSR count). The maximum absolute atomic E-state index is 11.7. The maximum atomic E-state index is 11.7. The number of benzene rings is 1. The molecule has 2 unspecified atom stereocenters. The highest BCUT2D eigenvalue weighted by Gasteiger charge is 2.34. The van der Waals surface area contributed by atoms with Crippen LogP contribution < -0.4 is 9.47 Å². The molecule has 5 nitrogen and oxygen atoms in total. The van der Waals surface area contributed by atoms with Gasteiger partial charge in [-0.1, -0.05) is 6.07 Å². The SMILES string of the molecule is COc1ccc(C2CSC(CN3C(=O)CCC3=O)C2)cc1OC. The van der Waals surface area contributed by atoms with E-state index in [9.17, 15) is 9.59 Å². The number of ether oxygens (including phenoxy) is 2. The number of amides is 2. The third kappa shape index (κ3) is 3.32. The highest BCUT2D eigenvalue weighted by Crippen LogP contribution is 2.41. The lowest BCUT2D eigenvalue weighted by molar-refractivity contribution is -0.138. The normalized spacial score (nSPS) is 24.3. The Bertz CT molecular complexity index is 603. The second-order valence-electron chi connectivity index (χ2n) is 5.90. The Labute approximate surface area is 140 Å². The second-order valence-corrected chi connectivity index (χ2v) is 7.23. The second kappa shape index (κ2) is 6.83. The fourth-order valence-corrected chi connectivity index (χ4v) is 4.66. The number of likely N-dealkylation sites (tertiary alicyclic amines) is 1. The molecule has 1 aromatic carbocycles. The number of hydrogen-bond acceptors (Lipinski definition) is 5. The fourth-order valence-electron chi connectivity index (χ4n) is 3.20. The number of carbonyl (C=O) groups excluding carboxylic acids is 2. The number of carbonyl (C=O) groups is 2. The molecule has 2 heterocycles. The molecule has 0 aromatic heterocycles. The summed E-state index contributed by atoms with van der Waals surface area (Å²) in [7, 11) is 3.27. The van der Waals surface area contributed by atoms with Gasteiger partial charge in [-0.2, -0.15) is 11.8 Å². The number of methoxy groups -OCH3 is 2. The van der Waals surface area contributed by atoms with E-state index in [1.807, 2.05) is 23.9 Å². The van der Waals surface area contributed by atoms with Crippen LogP contribution in [-0.4, -0.2) is 48.5 Å². The summed E-state index contributed by atoms with van der Waals surface area (Å²) < 4.78 is 10.6. The molecule has 0 radical (unpaired) electrons. The molecule has 6 heteroatoms. The summed E-state index contributed by atoms with van der Waals surface area (Å²) in [6.45, 7) is 0.548. The monoisotopic (exact) mass is 335 g/mol. The Morgan fingerprint density at radius 1 is 1.13 bits per heavy atom. The molecular formula is C17H21NO4S. The molecule has 0 bridgehead atoms. The Morgan fingerprint density at radius 3 is 2.48 bits per heavy atom. The van der Waals surface area contributed by atoms with Crippen molar-refractivity contribution in [1.82, 2.24) is 4.90 Å². The van der Waals surface area contributed by atoms with Crippen LogP contribution in [-0.2, 0) is 9.59 Å². The number of nitrogens with zero attached hydrogens (tertiary/aromatic N) is 1. The largest absolute Gasteiger partial charge is 0.493 e. The summed E-state index contributed by atoms with van der Waals surface area (Å²) in [5, 5.41) is 0.319. The Kier molecular flexibility index (Phi) is 4.80. The van der Waals surface area contributed by atoms with E-state index in [0.29, 0.717) is 30.6 Å². The number of imide groups is 1. The summed E-state index contributed by atoms with van der Waals surface area (Å²) in [6.07, 6.45) is 1.71. The van der Waals surface area contributed by atoms with E-state index in [0.717, 1.165) is 23.7 Å². The minimum atomic E-state index is -0.0230. The Balaban J connectivity index is 1.65. The summed E-state index contributed by atoms with van der Waals surface area (Å²) in [5.74, 6) is 2.83. The van der Waals surface area contributed by atoms with Crippen LogP contribution in [0, 0.1) is 0 Å². The third-order valence-corrected chi connectivity index (χ3v) is 5.91. The van der Waals surface area contributed by atoms with Crippen LogP contribution in [0.3, 0.4) is 0 Å². The van der Waals surface area contributed by atoms with Crippen LogP contribution >= 0.6 is 11.8 Å². The van der Waals surface area contributed by atoms with Crippen molar-refractivity contribution in [3.8, 4) is 11.5 Å². The van der Waals surface area contributed by atoms with Crippen LogP contribution in [0.5, 0.6) is 11.5 Å². The predicted octanol–water partition coefficient (Wildman–Crippen LogP) is 2.44. The molecule has 2 fully saturated rings. The topological polar surface area (TPSA) is 55.8 Å². The van der Waals surface area contributed by atoms with Crippen LogP contribution in [0.2, 0.25) is 0 Å². The number of hydrogen-bond donors (Lipinski definition) is 0. The molecule has 0 aliphatic carbocycles. The van der Waals surface area contributed by atoms with Gasteiger partial charge in [0, 0.05) is 30.4 Å². The van der Waals surface area contributed by atoms with Crippen molar-refractivity contribution in [2.24, 2.45) is 0 Å². The molecule has 1 aromatic rings. The molecule has 2 amide bonds. The van der Waals surface area contributed by atoms with Gasteiger partial charge < -0.3 is 9.47 Å². The van der Waals surface area contributed by atoms with Crippen molar-refractivity contribution in [2.75, 3.05) is 26.5 Å². The van der Waals surface area contributed by atoms with E-state index in [-0.39, 0.29) is 11.8 Å². The zero-order valence-corrected chi connectivity index (χ0v) is 14.2. The van der Waals surface area contributed by atoms with E-state index < -0.39 is 0 Å². The zero-order valence-electron chi connectivity index (χ0n) is 13.4. The summed E-state index contributed by atoms with van der Waals surface area (Å²) in [6, 6.07) is 6.03. The highest BCUT2D eigenvalue weighted by molar-refractivity contribution is 8.00. The van der Waals surface area contributed by atoms with Crippen molar-refractivity contribution in [2.45, 2.75) is 30.4 Å². The summed E-state index contributed by atoms with van der Waals surface area (Å²) in [4.78, 5) is 24.9. The van der Waals surface area contributed by atoms with E-state index in [2.05, 4.69) is 6.07 Å². The smallest absolute Gasteiger partial charge is 0.229 e. The van der Waals surface area contributed by atoms with Crippen molar-refractivity contribution in [1.29, 1.82) is 0 Å². The van der Waals surface area contributed by atoms with Gasteiger partial charge in [0.05, 0.1) is 14.2 Å². The van der Waals surface area contributed by atoms with Gasteiger partial charge in [-0.25, -0.2) is 0 Å². The summed E-state index contributed by atoms with van der Waals surface area (Å²) in [5.41, 5.74) is 1.22. The molecule has 2 aliphatic heterocycles. The lowest BCUT2D eigenvalue weighted by atomic mass is 9.95. The van der Waals surface area contributed by atoms with Gasteiger partial charge >= 0.3 is 0 Å². The van der Waals surface area contributed by atoms with Gasteiger partial charge in [0.25, 0.3) is 0 Å². The van der Waals surface area contributed by atoms with Crippen LogP contribution in [0.1, 0.15) is 30.7 Å². The van der Waals surface area contributed by atoms with Crippen LogP contribution in [0.4, 0.5) is 0 Å². The lowest BCUT2D eigenvalue weighted by Crippen LogP contribution is -2.34. The van der Waals surface area contributed by atoms with E-state index in [1.165, 1.54) is 10.5 Å². The molecule has 0 spiro atoms. The van der Waals surface area contributed by atoms with Crippen LogP contribution in [0.15, 0.2) is 18.2 Å². The van der Waals surface area contributed by atoms with Crippen molar-refractivity contribution < 1.29 is 19.1 Å². The first kappa shape index (κ1) is 16.2. The number of rotatable bonds is 5. The molecule has 2 saturated heterocycles. The van der Waals surface area contributed by atoms with Crippen molar-refractivity contribution >= 4 is 23.6 Å². The first-order valence-corrected chi connectivity index (χ1v) is 8.84. The molecule has 124 valence electrons. The van der Waals surface area contributed by atoms with Crippen molar-refractivity contribution in [3.05, 3.63) is 23.8 Å². The Morgan fingerprint density at radius 2 is 1.83 bits per heavy atom. The first-order chi connectivity index (χ1) is 11.1. The predicted molar refractivity (Wildman–Crippen MR) is 89.1 cm³/mol. The van der Waals surface area contributed by atoms with Gasteiger partial charge in [0.15, 0.2) is 11.5 Å². The summed E-state index contributed by atoms with van der Waals surface area (Å²) >= 11 is 1.84. The average Bonchev–Trinajstić information content (AvgIpc) is 3.16. The minimum absolute atomic E-state index is 0.0230. The fraction of sp³-hybridized carbons (Fsp3) is 0.529. The minimum Gasteiger partial charge on any atom is -0.493 e. The quantitative estimate of drug-likeness (QED) is 0.774. The molecule has 2 aliphatic rings. The van der Waals surface area contributed by atoms with Crippen LogP contribution in [0.25, 0.3) is 0 Å². The third-order valence-electron chi connectivity index (χ3n) is 4.50. The molecule has 23 heavy (non-hydrogen) atoms. The van der Waals surface area contributed by atoms with Gasteiger partial charge in [0.2, 0.25) is 11.8 Å². The van der Waals surface area contributed by atoms with Gasteiger partial charge in [-0.3, -0.25) is 14.5 Å². The van der Waals surface area contributed by atoms with Crippen molar-refractivity contribution in [3.63, 3.8) is 0 Å². The Hall–Kier alpha value is -1.69. The zero-order chi connectivity index (χ0) is 16.4. The van der Waals surface area contributed by atoms with E-state index >= 15 is 0 Å². The van der Waals surface area contributed by atoms with Gasteiger partial charge in [-0.15, -0.1) is 0 Å². The first-order valence-electron chi connectivity index (χ1n) is 7.79. The average molecular weight is 335 g/mol. The molecule has 0 N–H and O–H groups in total. The molecule has 0 saturated carbocycles. The van der Waals surface area contributed by atoms with Gasteiger partial charge in [0.1, 0.15) is 0 Å².